The van der Waals surface area contributed by atoms with Crippen molar-refractivity contribution in [3.05, 3.63) is 41.0 Å². The van der Waals surface area contributed by atoms with Crippen molar-refractivity contribution >= 4 is 0 Å². The third kappa shape index (κ3) is 3.15. The van der Waals surface area contributed by atoms with Crippen LogP contribution in [0.1, 0.15) is 18.6 Å². The quantitative estimate of drug-likeness (QED) is 0.568. The third-order valence-corrected chi connectivity index (χ3v) is 1.64. The van der Waals surface area contributed by atoms with E-state index in [1.807, 2.05) is 0 Å². The summed E-state index contributed by atoms with van der Waals surface area (Å²) in [6, 6.07) is 2.52. The Hall–Kier alpha value is -1.51. The molecule has 0 aliphatic heterocycles. The SMILES string of the molecule is C=CCCCc1cc(O)cc(=O)o1. The number of aromatic hydroxyl groups is 1. The minimum Gasteiger partial charge on any atom is -0.508 e. The van der Waals surface area contributed by atoms with Gasteiger partial charge < -0.3 is 9.52 Å². The first-order valence-corrected chi connectivity index (χ1v) is 4.16. The predicted octanol–water partition coefficient (Wildman–Crippen LogP) is 1.85. The molecule has 0 radical (unpaired) electrons. The van der Waals surface area contributed by atoms with Crippen molar-refractivity contribution in [2.24, 2.45) is 0 Å². The van der Waals surface area contributed by atoms with E-state index in [-0.39, 0.29) is 5.75 Å². The van der Waals surface area contributed by atoms with Gasteiger partial charge in [0.05, 0.1) is 6.07 Å². The van der Waals surface area contributed by atoms with Gasteiger partial charge in [-0.15, -0.1) is 6.58 Å². The molecular formula is C10H12O3. The topological polar surface area (TPSA) is 50.4 Å². The first kappa shape index (κ1) is 9.58. The van der Waals surface area contributed by atoms with Gasteiger partial charge in [-0.25, -0.2) is 4.79 Å². The van der Waals surface area contributed by atoms with E-state index in [0.717, 1.165) is 18.9 Å². The van der Waals surface area contributed by atoms with Crippen LogP contribution < -0.4 is 5.63 Å². The highest BCUT2D eigenvalue weighted by Crippen LogP contribution is 2.10. The van der Waals surface area contributed by atoms with Gasteiger partial charge in [-0.1, -0.05) is 6.08 Å². The Morgan fingerprint density at radius 3 is 2.92 bits per heavy atom. The van der Waals surface area contributed by atoms with Gasteiger partial charge in [0.2, 0.25) is 0 Å². The Morgan fingerprint density at radius 2 is 2.31 bits per heavy atom. The lowest BCUT2D eigenvalue weighted by Crippen LogP contribution is -1.98. The van der Waals surface area contributed by atoms with Crippen LogP contribution in [0.25, 0.3) is 0 Å². The molecule has 0 fully saturated rings. The number of allylic oxidation sites excluding steroid dienone is 1. The largest absolute Gasteiger partial charge is 0.508 e. The van der Waals surface area contributed by atoms with Crippen molar-refractivity contribution in [1.82, 2.24) is 0 Å². The number of hydrogen-bond acceptors (Lipinski definition) is 3. The zero-order chi connectivity index (χ0) is 9.68. The molecule has 0 aliphatic carbocycles. The zero-order valence-electron chi connectivity index (χ0n) is 7.32. The smallest absolute Gasteiger partial charge is 0.339 e. The van der Waals surface area contributed by atoms with E-state index in [4.69, 9.17) is 9.52 Å². The molecule has 13 heavy (non-hydrogen) atoms. The molecule has 0 spiro atoms. The Kier molecular flexibility index (Phi) is 3.31. The van der Waals surface area contributed by atoms with Crippen LogP contribution in [0.15, 0.2) is 34.0 Å². The molecule has 0 unspecified atom stereocenters. The van der Waals surface area contributed by atoms with Crippen molar-refractivity contribution in [1.29, 1.82) is 0 Å². The maximum absolute atomic E-state index is 10.8. The molecule has 0 saturated carbocycles. The highest BCUT2D eigenvalue weighted by Gasteiger charge is 1.99. The van der Waals surface area contributed by atoms with Crippen LogP contribution in [0.4, 0.5) is 0 Å². The van der Waals surface area contributed by atoms with Crippen molar-refractivity contribution in [2.75, 3.05) is 0 Å². The summed E-state index contributed by atoms with van der Waals surface area (Å²) in [6.07, 6.45) is 4.20. The van der Waals surface area contributed by atoms with Crippen LogP contribution in [0.3, 0.4) is 0 Å². The molecule has 0 aromatic carbocycles. The summed E-state index contributed by atoms with van der Waals surface area (Å²) in [5.41, 5.74) is -0.506. The maximum Gasteiger partial charge on any atom is 0.339 e. The second-order valence-corrected chi connectivity index (χ2v) is 2.78. The molecule has 1 N–H and O–H groups in total. The summed E-state index contributed by atoms with van der Waals surface area (Å²) in [5, 5.41) is 9.07. The lowest BCUT2D eigenvalue weighted by molar-refractivity contribution is 0.421. The number of rotatable bonds is 4. The molecule has 0 bridgehead atoms. The fourth-order valence-corrected chi connectivity index (χ4v) is 1.06. The molecule has 0 aliphatic rings. The van der Waals surface area contributed by atoms with Gasteiger partial charge in [-0.3, -0.25) is 0 Å². The van der Waals surface area contributed by atoms with E-state index in [1.54, 1.807) is 6.08 Å². The average molecular weight is 180 g/mol. The molecule has 1 rings (SSSR count). The summed E-state index contributed by atoms with van der Waals surface area (Å²) in [7, 11) is 0. The van der Waals surface area contributed by atoms with Crippen LogP contribution in [-0.4, -0.2) is 5.11 Å². The molecular weight excluding hydrogens is 168 g/mol. The van der Waals surface area contributed by atoms with Crippen molar-refractivity contribution in [2.45, 2.75) is 19.3 Å². The third-order valence-electron chi connectivity index (χ3n) is 1.64. The highest BCUT2D eigenvalue weighted by molar-refractivity contribution is 5.18. The first-order chi connectivity index (χ1) is 6.22. The molecule has 0 saturated heterocycles. The van der Waals surface area contributed by atoms with Crippen LogP contribution >= 0.6 is 0 Å². The number of unbranched alkanes of at least 4 members (excludes halogenated alkanes) is 1. The first-order valence-electron chi connectivity index (χ1n) is 4.16. The Labute approximate surface area is 76.3 Å². The molecule has 0 amide bonds. The predicted molar refractivity (Wildman–Crippen MR) is 49.8 cm³/mol. The van der Waals surface area contributed by atoms with E-state index in [2.05, 4.69) is 6.58 Å². The molecule has 1 aromatic rings. The number of hydrogen-bond donors (Lipinski definition) is 1. The Morgan fingerprint density at radius 1 is 1.54 bits per heavy atom. The highest BCUT2D eigenvalue weighted by atomic mass is 16.4. The lowest BCUT2D eigenvalue weighted by Gasteiger charge is -1.97. The van der Waals surface area contributed by atoms with Crippen LogP contribution in [0.2, 0.25) is 0 Å². The van der Waals surface area contributed by atoms with Crippen molar-refractivity contribution < 1.29 is 9.52 Å². The number of aryl methyl sites for hydroxylation is 1. The molecule has 3 heteroatoms. The van der Waals surface area contributed by atoms with Gasteiger partial charge in [0, 0.05) is 12.5 Å². The molecule has 1 aromatic heterocycles. The van der Waals surface area contributed by atoms with Gasteiger partial charge in [-0.05, 0) is 12.8 Å². The van der Waals surface area contributed by atoms with Crippen LogP contribution in [0.5, 0.6) is 5.75 Å². The molecule has 1 heterocycles. The van der Waals surface area contributed by atoms with Crippen molar-refractivity contribution in [3.8, 4) is 5.75 Å². The monoisotopic (exact) mass is 180 g/mol. The van der Waals surface area contributed by atoms with Gasteiger partial charge in [0.25, 0.3) is 0 Å². The minimum absolute atomic E-state index is 0.0372. The second kappa shape index (κ2) is 4.50. The van der Waals surface area contributed by atoms with E-state index < -0.39 is 5.63 Å². The summed E-state index contributed by atoms with van der Waals surface area (Å²) in [4.78, 5) is 10.8. The summed E-state index contributed by atoms with van der Waals surface area (Å²) in [5.74, 6) is 0.483. The molecule has 70 valence electrons. The minimum atomic E-state index is -0.506. The fourth-order valence-electron chi connectivity index (χ4n) is 1.06. The normalized spacial score (nSPS) is 9.85. The Balaban J connectivity index is 2.66. The van der Waals surface area contributed by atoms with Gasteiger partial charge >= 0.3 is 5.63 Å². The Bertz CT molecular complexity index is 338. The summed E-state index contributed by atoms with van der Waals surface area (Å²) >= 11 is 0. The summed E-state index contributed by atoms with van der Waals surface area (Å²) in [6.45, 7) is 3.59. The van der Waals surface area contributed by atoms with E-state index >= 15 is 0 Å². The lowest BCUT2D eigenvalue weighted by atomic mass is 10.2. The van der Waals surface area contributed by atoms with Gasteiger partial charge in [-0.2, -0.15) is 0 Å². The molecule has 0 atom stereocenters. The standard InChI is InChI=1S/C10H12O3/c1-2-3-4-5-9-6-8(11)7-10(12)13-9/h2,6-7,11H,1,3-5H2. The second-order valence-electron chi connectivity index (χ2n) is 2.78. The fraction of sp³-hybridized carbons (Fsp3) is 0.300. The maximum atomic E-state index is 10.8. The van der Waals surface area contributed by atoms with E-state index in [1.165, 1.54) is 6.07 Å². The van der Waals surface area contributed by atoms with E-state index in [0.29, 0.717) is 12.2 Å². The summed E-state index contributed by atoms with van der Waals surface area (Å²) < 4.78 is 4.85. The van der Waals surface area contributed by atoms with Gasteiger partial charge in [0.15, 0.2) is 0 Å². The van der Waals surface area contributed by atoms with E-state index in [9.17, 15) is 4.79 Å². The molecule has 3 nitrogen and oxygen atoms in total. The zero-order valence-corrected chi connectivity index (χ0v) is 7.32. The van der Waals surface area contributed by atoms with Gasteiger partial charge in [0.1, 0.15) is 11.5 Å². The van der Waals surface area contributed by atoms with Crippen molar-refractivity contribution in [3.63, 3.8) is 0 Å². The average Bonchev–Trinajstić information content (AvgIpc) is 2.03. The van der Waals surface area contributed by atoms with Crippen LogP contribution in [-0.2, 0) is 6.42 Å². The van der Waals surface area contributed by atoms with Crippen LogP contribution in [0, 0.1) is 0 Å².